The van der Waals surface area contributed by atoms with Crippen LogP contribution in [0.1, 0.15) is 18.4 Å². The number of hydrogen-bond acceptors (Lipinski definition) is 4. The quantitative estimate of drug-likeness (QED) is 0.817. The molecular weight excluding hydrogens is 387 g/mol. The van der Waals surface area contributed by atoms with Crippen LogP contribution in [0.25, 0.3) is 11.1 Å². The Morgan fingerprint density at radius 2 is 1.73 bits per heavy atom. The van der Waals surface area contributed by atoms with Crippen molar-refractivity contribution in [2.75, 3.05) is 26.3 Å². The predicted octanol–water partition coefficient (Wildman–Crippen LogP) is 2.30. The number of rotatable bonds is 5. The fraction of sp³-hybridized carbons (Fsp3) is 0.391. The third-order valence-electron chi connectivity index (χ3n) is 5.77. The second-order valence-corrected chi connectivity index (χ2v) is 7.85. The first-order chi connectivity index (χ1) is 14.5. The predicted molar refractivity (Wildman–Crippen MR) is 109 cm³/mol. The number of ether oxygens (including phenoxy) is 2. The average Bonchev–Trinajstić information content (AvgIpc) is 3.29. The number of halogens is 1. The van der Waals surface area contributed by atoms with E-state index in [1.54, 1.807) is 17.0 Å². The molecule has 6 nitrogen and oxygen atoms in total. The molecule has 2 unspecified atom stereocenters. The van der Waals surface area contributed by atoms with Crippen molar-refractivity contribution in [2.45, 2.75) is 31.0 Å². The molecule has 2 amide bonds. The van der Waals surface area contributed by atoms with Crippen LogP contribution in [-0.4, -0.2) is 54.7 Å². The molecule has 158 valence electrons. The van der Waals surface area contributed by atoms with Crippen LogP contribution >= 0.6 is 0 Å². The van der Waals surface area contributed by atoms with Crippen molar-refractivity contribution in [3.8, 4) is 11.1 Å². The first-order valence-electron chi connectivity index (χ1n) is 10.2. The van der Waals surface area contributed by atoms with Gasteiger partial charge in [0.25, 0.3) is 11.8 Å². The Balaban J connectivity index is 1.50. The lowest BCUT2D eigenvalue weighted by Crippen LogP contribution is -2.62. The fourth-order valence-corrected chi connectivity index (χ4v) is 4.08. The number of carbonyl (C=O) groups is 2. The molecule has 0 spiro atoms. The molecule has 2 N–H and O–H groups in total. The maximum atomic E-state index is 13.1. The van der Waals surface area contributed by atoms with Crippen molar-refractivity contribution >= 4 is 11.8 Å². The molecule has 4 rings (SSSR count). The largest absolute Gasteiger partial charge is 0.368 e. The summed E-state index contributed by atoms with van der Waals surface area (Å²) < 4.78 is 24.5. The lowest BCUT2D eigenvalue weighted by Gasteiger charge is -2.41. The summed E-state index contributed by atoms with van der Waals surface area (Å²) in [6.07, 6.45) is 1.39. The minimum absolute atomic E-state index is 0.104. The van der Waals surface area contributed by atoms with Crippen LogP contribution in [0, 0.1) is 5.82 Å². The number of nitrogens with zero attached hydrogens (tertiary/aromatic N) is 1. The second kappa shape index (κ2) is 8.53. The van der Waals surface area contributed by atoms with Crippen LogP contribution in [0.5, 0.6) is 0 Å². The monoisotopic (exact) mass is 412 g/mol. The maximum absolute atomic E-state index is 13.1. The highest BCUT2D eigenvalue weighted by Gasteiger charge is 2.45. The molecule has 7 heteroatoms. The van der Waals surface area contributed by atoms with Crippen molar-refractivity contribution < 1.29 is 23.5 Å². The van der Waals surface area contributed by atoms with E-state index >= 15 is 0 Å². The number of amides is 2. The van der Waals surface area contributed by atoms with Crippen LogP contribution in [0.15, 0.2) is 48.5 Å². The Bertz CT molecular complexity index is 910. The molecule has 2 saturated heterocycles. The SMILES string of the molecule is NC(=O)C1(Cc2ccc(-c3ccc(F)cc3)cc2)CN(C(=O)C2CCCO2)CCO1. The van der Waals surface area contributed by atoms with Gasteiger partial charge in [-0.15, -0.1) is 0 Å². The van der Waals surface area contributed by atoms with Crippen molar-refractivity contribution in [1.29, 1.82) is 0 Å². The molecule has 2 aliphatic heterocycles. The van der Waals surface area contributed by atoms with Gasteiger partial charge in [-0.25, -0.2) is 4.39 Å². The zero-order valence-corrected chi connectivity index (χ0v) is 16.7. The highest BCUT2D eigenvalue weighted by Crippen LogP contribution is 2.27. The third kappa shape index (κ3) is 4.22. The number of benzene rings is 2. The molecule has 2 fully saturated rings. The van der Waals surface area contributed by atoms with E-state index in [-0.39, 0.29) is 31.3 Å². The van der Waals surface area contributed by atoms with Crippen molar-refractivity contribution in [1.82, 2.24) is 4.90 Å². The summed E-state index contributed by atoms with van der Waals surface area (Å²) in [5, 5.41) is 0. The zero-order chi connectivity index (χ0) is 21.1. The molecule has 30 heavy (non-hydrogen) atoms. The van der Waals surface area contributed by atoms with E-state index in [9.17, 15) is 14.0 Å². The number of hydrogen-bond donors (Lipinski definition) is 1. The second-order valence-electron chi connectivity index (χ2n) is 7.85. The number of carbonyl (C=O) groups excluding carboxylic acids is 2. The van der Waals surface area contributed by atoms with Gasteiger partial charge < -0.3 is 20.1 Å². The first-order valence-corrected chi connectivity index (χ1v) is 10.2. The minimum Gasteiger partial charge on any atom is -0.368 e. The highest BCUT2D eigenvalue weighted by molar-refractivity contribution is 5.87. The standard InChI is InChI=1S/C23H25FN2O4/c24-19-9-7-18(8-10-19)17-5-3-16(4-6-17)14-23(22(25)28)15-26(11-13-30-23)21(27)20-2-1-12-29-20/h3-10,20H,1-2,11-15H2,(H2,25,28). The summed E-state index contributed by atoms with van der Waals surface area (Å²) >= 11 is 0. The van der Waals surface area contributed by atoms with Crippen LogP contribution in [0.3, 0.4) is 0 Å². The Morgan fingerprint density at radius 1 is 1.07 bits per heavy atom. The molecule has 2 aromatic carbocycles. The van der Waals surface area contributed by atoms with E-state index in [2.05, 4.69) is 0 Å². The van der Waals surface area contributed by atoms with Gasteiger partial charge in [0.05, 0.1) is 13.2 Å². The number of nitrogens with two attached hydrogens (primary N) is 1. The van der Waals surface area contributed by atoms with Crippen molar-refractivity contribution in [2.24, 2.45) is 5.73 Å². The van der Waals surface area contributed by atoms with Crippen LogP contribution < -0.4 is 5.73 Å². The molecule has 2 atom stereocenters. The van der Waals surface area contributed by atoms with Crippen molar-refractivity contribution in [3.63, 3.8) is 0 Å². The first kappa shape index (κ1) is 20.5. The molecule has 0 radical (unpaired) electrons. The lowest BCUT2D eigenvalue weighted by molar-refractivity contribution is -0.167. The van der Waals surface area contributed by atoms with Crippen molar-refractivity contribution in [3.05, 3.63) is 59.9 Å². The van der Waals surface area contributed by atoms with Crippen LogP contribution in [-0.2, 0) is 25.5 Å². The summed E-state index contributed by atoms with van der Waals surface area (Å²) in [6, 6.07) is 13.9. The Kier molecular flexibility index (Phi) is 5.83. The van der Waals surface area contributed by atoms with Gasteiger partial charge in [0.15, 0.2) is 5.60 Å². The minimum atomic E-state index is -1.27. The molecule has 2 aromatic rings. The lowest BCUT2D eigenvalue weighted by atomic mass is 9.90. The molecule has 0 aliphatic carbocycles. The number of morpholine rings is 1. The van der Waals surface area contributed by atoms with Gasteiger partial charge >= 0.3 is 0 Å². The summed E-state index contributed by atoms with van der Waals surface area (Å²) in [6.45, 7) is 1.36. The van der Waals surface area contributed by atoms with Gasteiger partial charge in [-0.05, 0) is 41.7 Å². The summed E-state index contributed by atoms with van der Waals surface area (Å²) in [5.41, 5.74) is 7.16. The molecule has 0 saturated carbocycles. The molecule has 0 aromatic heterocycles. The Hall–Kier alpha value is -2.77. The topological polar surface area (TPSA) is 81.9 Å². The Morgan fingerprint density at radius 3 is 2.33 bits per heavy atom. The van der Waals surface area contributed by atoms with Gasteiger partial charge in [0.1, 0.15) is 11.9 Å². The molecule has 2 aliphatic rings. The molecule has 2 heterocycles. The molecule has 0 bridgehead atoms. The smallest absolute Gasteiger partial charge is 0.251 e. The van der Waals surface area contributed by atoms with Gasteiger partial charge in [0.2, 0.25) is 0 Å². The van der Waals surface area contributed by atoms with E-state index in [1.165, 1.54) is 12.1 Å². The van der Waals surface area contributed by atoms with E-state index in [1.807, 2.05) is 24.3 Å². The summed E-state index contributed by atoms with van der Waals surface area (Å²) in [4.78, 5) is 26.8. The van der Waals surface area contributed by atoms with E-state index < -0.39 is 17.6 Å². The van der Waals surface area contributed by atoms with Crippen LogP contribution in [0.4, 0.5) is 4.39 Å². The van der Waals surface area contributed by atoms with Gasteiger partial charge in [-0.2, -0.15) is 0 Å². The van der Waals surface area contributed by atoms with Crippen LogP contribution in [0.2, 0.25) is 0 Å². The van der Waals surface area contributed by atoms with E-state index in [0.29, 0.717) is 19.6 Å². The normalized spacial score (nSPS) is 24.0. The number of primary amides is 1. The Labute approximate surface area is 174 Å². The summed E-state index contributed by atoms with van der Waals surface area (Å²) in [7, 11) is 0. The highest BCUT2D eigenvalue weighted by atomic mass is 19.1. The van der Waals surface area contributed by atoms with E-state index in [0.717, 1.165) is 23.1 Å². The maximum Gasteiger partial charge on any atom is 0.251 e. The summed E-state index contributed by atoms with van der Waals surface area (Å²) in [5.74, 6) is -0.974. The fourth-order valence-electron chi connectivity index (χ4n) is 4.08. The molecular formula is C23H25FN2O4. The van der Waals surface area contributed by atoms with Gasteiger partial charge in [0, 0.05) is 19.6 Å². The van der Waals surface area contributed by atoms with E-state index in [4.69, 9.17) is 15.2 Å². The average molecular weight is 412 g/mol. The zero-order valence-electron chi connectivity index (χ0n) is 16.7. The van der Waals surface area contributed by atoms with Gasteiger partial charge in [-0.1, -0.05) is 36.4 Å². The van der Waals surface area contributed by atoms with Gasteiger partial charge in [-0.3, -0.25) is 9.59 Å². The third-order valence-corrected chi connectivity index (χ3v) is 5.77.